The maximum atomic E-state index is 14.1. The minimum absolute atomic E-state index is 0.0200. The van der Waals surface area contributed by atoms with Crippen molar-refractivity contribution in [2.45, 2.75) is 41.7 Å². The highest BCUT2D eigenvalue weighted by Crippen LogP contribution is 2.36. The minimum atomic E-state index is -0.968. The summed E-state index contributed by atoms with van der Waals surface area (Å²) in [5.74, 6) is -1.63. The first-order valence-electron chi connectivity index (χ1n) is 7.75. The van der Waals surface area contributed by atoms with Gasteiger partial charge in [-0.1, -0.05) is 18.5 Å². The third kappa shape index (κ3) is 6.03. The highest BCUT2D eigenvalue weighted by molar-refractivity contribution is 8.14. The molecule has 0 bridgehead atoms. The molecule has 2 atom stereocenters. The van der Waals surface area contributed by atoms with E-state index in [9.17, 15) is 14.0 Å². The Bertz CT molecular complexity index is 645. The van der Waals surface area contributed by atoms with Gasteiger partial charge in [-0.2, -0.15) is 0 Å². The van der Waals surface area contributed by atoms with Crippen LogP contribution in [0.3, 0.4) is 0 Å². The Morgan fingerprint density at radius 1 is 1.52 bits per heavy atom. The molecule has 0 radical (unpaired) electrons. The van der Waals surface area contributed by atoms with Crippen molar-refractivity contribution in [2.75, 3.05) is 11.9 Å². The highest BCUT2D eigenvalue weighted by Gasteiger charge is 2.21. The highest BCUT2D eigenvalue weighted by atomic mass is 35.5. The van der Waals surface area contributed by atoms with Gasteiger partial charge in [0.05, 0.1) is 16.1 Å². The number of nitrogens with one attached hydrogen (secondary N) is 3. The molecule has 25 heavy (non-hydrogen) atoms. The SMILES string of the molecule is CCC(Sc1cc(NC(=O)SC2CCCNN2)c(F)cc1Cl)C(=O)O. The van der Waals surface area contributed by atoms with Gasteiger partial charge in [0.25, 0.3) is 5.24 Å². The molecule has 1 saturated heterocycles. The van der Waals surface area contributed by atoms with Crippen LogP contribution in [0.25, 0.3) is 0 Å². The van der Waals surface area contributed by atoms with E-state index in [1.807, 2.05) is 0 Å². The smallest absolute Gasteiger partial charge is 0.316 e. The minimum Gasteiger partial charge on any atom is -0.480 e. The van der Waals surface area contributed by atoms with E-state index >= 15 is 0 Å². The number of anilines is 1. The molecule has 2 rings (SSSR count). The predicted octanol–water partition coefficient (Wildman–Crippen LogP) is 3.91. The zero-order chi connectivity index (χ0) is 18.4. The number of rotatable bonds is 6. The molecule has 6 nitrogen and oxygen atoms in total. The van der Waals surface area contributed by atoms with Crippen molar-refractivity contribution in [3.8, 4) is 0 Å². The Balaban J connectivity index is 2.07. The molecule has 1 fully saturated rings. The Morgan fingerprint density at radius 3 is 2.88 bits per heavy atom. The maximum absolute atomic E-state index is 14.1. The van der Waals surface area contributed by atoms with E-state index in [1.165, 1.54) is 6.07 Å². The van der Waals surface area contributed by atoms with Crippen LogP contribution < -0.4 is 16.2 Å². The summed E-state index contributed by atoms with van der Waals surface area (Å²) in [7, 11) is 0. The number of carbonyl (C=O) groups excluding carboxylic acids is 1. The normalized spacial score (nSPS) is 18.6. The third-order valence-electron chi connectivity index (χ3n) is 3.45. The lowest BCUT2D eigenvalue weighted by Crippen LogP contribution is -2.44. The van der Waals surface area contributed by atoms with Crippen LogP contribution in [-0.4, -0.2) is 33.5 Å². The number of hydrogen-bond acceptors (Lipinski definition) is 6. The molecule has 1 aliphatic rings. The van der Waals surface area contributed by atoms with Crippen LogP contribution in [0.15, 0.2) is 17.0 Å². The van der Waals surface area contributed by atoms with Crippen molar-refractivity contribution < 1.29 is 19.1 Å². The summed E-state index contributed by atoms with van der Waals surface area (Å²) in [5.41, 5.74) is 5.93. The van der Waals surface area contributed by atoms with E-state index in [-0.39, 0.29) is 16.1 Å². The molecule has 1 aromatic rings. The number of carboxylic acids is 1. The lowest BCUT2D eigenvalue weighted by molar-refractivity contribution is -0.136. The number of benzene rings is 1. The van der Waals surface area contributed by atoms with Crippen molar-refractivity contribution >= 4 is 52.0 Å². The van der Waals surface area contributed by atoms with Gasteiger partial charge in [-0.15, -0.1) is 11.8 Å². The molecule has 1 amide bonds. The largest absolute Gasteiger partial charge is 0.480 e. The van der Waals surface area contributed by atoms with Crippen LogP contribution in [0.4, 0.5) is 14.9 Å². The molecule has 2 unspecified atom stereocenters. The molecule has 0 saturated carbocycles. The van der Waals surface area contributed by atoms with Gasteiger partial charge in [-0.25, -0.2) is 9.82 Å². The molecular formula is C15H19ClFN3O3S2. The number of carboxylic acid groups (broad SMARTS) is 1. The fourth-order valence-electron chi connectivity index (χ4n) is 2.17. The summed E-state index contributed by atoms with van der Waals surface area (Å²) in [6.45, 7) is 2.58. The van der Waals surface area contributed by atoms with E-state index in [1.54, 1.807) is 6.92 Å². The molecule has 1 aliphatic heterocycles. The second-order valence-electron chi connectivity index (χ2n) is 5.35. The number of aliphatic carboxylic acids is 1. The van der Waals surface area contributed by atoms with E-state index in [0.29, 0.717) is 11.3 Å². The van der Waals surface area contributed by atoms with E-state index in [4.69, 9.17) is 16.7 Å². The average Bonchev–Trinajstić information content (AvgIpc) is 2.56. The van der Waals surface area contributed by atoms with Gasteiger partial charge in [0, 0.05) is 11.4 Å². The Labute approximate surface area is 158 Å². The molecule has 0 spiro atoms. The molecule has 0 aromatic heterocycles. The number of halogens is 2. The van der Waals surface area contributed by atoms with Gasteiger partial charge < -0.3 is 10.4 Å². The Kier molecular flexibility index (Phi) is 7.82. The summed E-state index contributed by atoms with van der Waals surface area (Å²) in [5, 5.41) is 10.6. The van der Waals surface area contributed by atoms with Crippen molar-refractivity contribution in [2.24, 2.45) is 0 Å². The molecule has 0 aliphatic carbocycles. The second kappa shape index (κ2) is 9.63. The first kappa shape index (κ1) is 20.3. The second-order valence-corrected chi connectivity index (χ2v) is 8.18. The number of amides is 1. The first-order chi connectivity index (χ1) is 11.9. The fourth-order valence-corrected chi connectivity index (χ4v) is 4.24. The van der Waals surface area contributed by atoms with Crippen LogP contribution in [0, 0.1) is 5.82 Å². The third-order valence-corrected chi connectivity index (χ3v) is 6.24. The van der Waals surface area contributed by atoms with Crippen LogP contribution in [0.5, 0.6) is 0 Å². The van der Waals surface area contributed by atoms with Crippen LogP contribution >= 0.6 is 35.1 Å². The summed E-state index contributed by atoms with van der Waals surface area (Å²) in [4.78, 5) is 23.7. The van der Waals surface area contributed by atoms with Crippen molar-refractivity contribution in [1.29, 1.82) is 0 Å². The van der Waals surface area contributed by atoms with E-state index < -0.39 is 22.3 Å². The Hall–Kier alpha value is -1.00. The van der Waals surface area contributed by atoms with Crippen LogP contribution in [0.2, 0.25) is 5.02 Å². The van der Waals surface area contributed by atoms with Crippen LogP contribution in [0.1, 0.15) is 26.2 Å². The number of hydrazine groups is 1. The summed E-state index contributed by atoms with van der Waals surface area (Å²) in [6.07, 6.45) is 2.17. The molecule has 1 aromatic carbocycles. The summed E-state index contributed by atoms with van der Waals surface area (Å²) >= 11 is 8.07. The van der Waals surface area contributed by atoms with Gasteiger partial charge in [-0.3, -0.25) is 15.0 Å². The maximum Gasteiger partial charge on any atom is 0.316 e. The molecule has 1 heterocycles. The predicted molar refractivity (Wildman–Crippen MR) is 99.8 cm³/mol. The standard InChI is InChI=1S/C15H19ClFN3O3S2/c1-2-11(14(21)22)24-12-7-10(9(17)6-8(12)16)19-15(23)25-13-4-3-5-18-20-13/h6-7,11,13,18,20H,2-5H2,1H3,(H,19,23)(H,21,22). The first-order valence-corrected chi connectivity index (χ1v) is 9.89. The molecule has 4 N–H and O–H groups in total. The zero-order valence-electron chi connectivity index (χ0n) is 13.5. The molecule has 10 heteroatoms. The number of carbonyl (C=O) groups is 2. The average molecular weight is 408 g/mol. The summed E-state index contributed by atoms with van der Waals surface area (Å²) < 4.78 is 14.1. The lowest BCUT2D eigenvalue weighted by Gasteiger charge is -2.23. The van der Waals surface area contributed by atoms with Crippen LogP contribution in [-0.2, 0) is 4.79 Å². The number of thioether (sulfide) groups is 2. The lowest BCUT2D eigenvalue weighted by atomic mass is 10.3. The van der Waals surface area contributed by atoms with Gasteiger partial charge in [0.15, 0.2) is 0 Å². The monoisotopic (exact) mass is 407 g/mol. The zero-order valence-corrected chi connectivity index (χ0v) is 15.9. The fraction of sp³-hybridized carbons (Fsp3) is 0.467. The van der Waals surface area contributed by atoms with Gasteiger partial charge in [0.1, 0.15) is 11.1 Å². The molecule has 138 valence electrons. The van der Waals surface area contributed by atoms with Crippen molar-refractivity contribution in [1.82, 2.24) is 10.9 Å². The Morgan fingerprint density at radius 2 is 2.28 bits per heavy atom. The van der Waals surface area contributed by atoms with E-state index in [0.717, 1.165) is 49.0 Å². The van der Waals surface area contributed by atoms with Gasteiger partial charge in [-0.05, 0) is 43.2 Å². The van der Waals surface area contributed by atoms with Crippen molar-refractivity contribution in [3.05, 3.63) is 23.0 Å². The van der Waals surface area contributed by atoms with E-state index in [2.05, 4.69) is 16.2 Å². The number of hydrogen-bond donors (Lipinski definition) is 4. The quantitative estimate of drug-likeness (QED) is 0.531. The molecular weight excluding hydrogens is 389 g/mol. The van der Waals surface area contributed by atoms with Crippen molar-refractivity contribution in [3.63, 3.8) is 0 Å². The van der Waals surface area contributed by atoms with Gasteiger partial charge >= 0.3 is 5.97 Å². The summed E-state index contributed by atoms with van der Waals surface area (Å²) in [6, 6.07) is 2.46. The van der Waals surface area contributed by atoms with Gasteiger partial charge in [0.2, 0.25) is 0 Å². The topological polar surface area (TPSA) is 90.5 Å².